The van der Waals surface area contributed by atoms with Crippen molar-refractivity contribution in [2.24, 2.45) is 5.92 Å². The number of aryl methyl sites for hydroxylation is 1. The van der Waals surface area contributed by atoms with E-state index in [1.807, 2.05) is 20.8 Å². The second-order valence-electron chi connectivity index (χ2n) is 4.98. The average Bonchev–Trinajstić information content (AvgIpc) is 2.26. The monoisotopic (exact) mass is 283 g/mol. The van der Waals surface area contributed by atoms with Crippen LogP contribution in [0.2, 0.25) is 5.02 Å². The van der Waals surface area contributed by atoms with Gasteiger partial charge in [0.05, 0.1) is 10.6 Å². The number of aliphatic carboxylic acids is 1. The highest BCUT2D eigenvalue weighted by Gasteiger charge is 2.22. The molecule has 1 amide bonds. The summed E-state index contributed by atoms with van der Waals surface area (Å²) in [7, 11) is 0. The lowest BCUT2D eigenvalue weighted by Gasteiger charge is -2.17. The third-order valence-corrected chi connectivity index (χ3v) is 2.99. The molecule has 0 saturated carbocycles. The van der Waals surface area contributed by atoms with Crippen LogP contribution in [0.1, 0.15) is 36.2 Å². The van der Waals surface area contributed by atoms with E-state index in [9.17, 15) is 9.59 Å². The molecule has 0 bridgehead atoms. The van der Waals surface area contributed by atoms with Gasteiger partial charge in [0.25, 0.3) is 5.91 Å². The lowest BCUT2D eigenvalue weighted by molar-refractivity contribution is -0.139. The number of benzene rings is 1. The normalized spacial score (nSPS) is 12.3. The van der Waals surface area contributed by atoms with E-state index >= 15 is 0 Å². The van der Waals surface area contributed by atoms with E-state index < -0.39 is 17.9 Å². The number of rotatable bonds is 5. The highest BCUT2D eigenvalue weighted by atomic mass is 35.5. The molecule has 4 nitrogen and oxygen atoms in total. The van der Waals surface area contributed by atoms with E-state index in [-0.39, 0.29) is 5.92 Å². The highest BCUT2D eigenvalue weighted by Crippen LogP contribution is 2.18. The fourth-order valence-electron chi connectivity index (χ4n) is 1.73. The molecule has 1 atom stereocenters. The Hall–Kier alpha value is -1.55. The predicted molar refractivity (Wildman–Crippen MR) is 74.5 cm³/mol. The van der Waals surface area contributed by atoms with Crippen LogP contribution in [0.4, 0.5) is 0 Å². The quantitative estimate of drug-likeness (QED) is 0.873. The van der Waals surface area contributed by atoms with E-state index in [0.29, 0.717) is 17.0 Å². The van der Waals surface area contributed by atoms with Gasteiger partial charge >= 0.3 is 5.97 Å². The number of carbonyl (C=O) groups excluding carboxylic acids is 1. The third-order valence-electron chi connectivity index (χ3n) is 2.68. The molecule has 1 aromatic carbocycles. The van der Waals surface area contributed by atoms with Gasteiger partial charge in [0.2, 0.25) is 0 Å². The molecule has 0 heterocycles. The van der Waals surface area contributed by atoms with Gasteiger partial charge in [-0.05, 0) is 37.0 Å². The van der Waals surface area contributed by atoms with Gasteiger partial charge in [0.1, 0.15) is 6.04 Å². The largest absolute Gasteiger partial charge is 0.480 e. The number of halogens is 1. The fraction of sp³-hybridized carbons (Fsp3) is 0.429. The minimum Gasteiger partial charge on any atom is -0.480 e. The van der Waals surface area contributed by atoms with Crippen molar-refractivity contribution in [3.05, 3.63) is 34.3 Å². The summed E-state index contributed by atoms with van der Waals surface area (Å²) in [6, 6.07) is 4.14. The Balaban J connectivity index is 2.84. The van der Waals surface area contributed by atoms with E-state index in [2.05, 4.69) is 5.32 Å². The van der Waals surface area contributed by atoms with Crippen molar-refractivity contribution in [1.29, 1.82) is 0 Å². The van der Waals surface area contributed by atoms with Crippen molar-refractivity contribution < 1.29 is 14.7 Å². The summed E-state index contributed by atoms with van der Waals surface area (Å²) >= 11 is 5.98. The Morgan fingerprint density at radius 1 is 1.37 bits per heavy atom. The van der Waals surface area contributed by atoms with Crippen molar-refractivity contribution >= 4 is 23.5 Å². The molecule has 0 fully saturated rings. The van der Waals surface area contributed by atoms with Crippen molar-refractivity contribution in [3.8, 4) is 0 Å². The van der Waals surface area contributed by atoms with Crippen LogP contribution in [0.3, 0.4) is 0 Å². The number of carboxylic acids is 1. The molecule has 0 unspecified atom stereocenters. The van der Waals surface area contributed by atoms with E-state index in [1.54, 1.807) is 18.2 Å². The second-order valence-corrected chi connectivity index (χ2v) is 5.38. The molecule has 0 spiro atoms. The van der Waals surface area contributed by atoms with E-state index in [0.717, 1.165) is 5.56 Å². The SMILES string of the molecule is Cc1ccc(C(=O)N[C@H](CC(C)C)C(=O)O)c(Cl)c1. The lowest BCUT2D eigenvalue weighted by atomic mass is 10.0. The van der Waals surface area contributed by atoms with Crippen LogP contribution in [0.5, 0.6) is 0 Å². The van der Waals surface area contributed by atoms with Crippen LogP contribution < -0.4 is 5.32 Å². The highest BCUT2D eigenvalue weighted by molar-refractivity contribution is 6.33. The summed E-state index contributed by atoms with van der Waals surface area (Å²) in [6.45, 7) is 5.67. The molecular weight excluding hydrogens is 266 g/mol. The number of nitrogens with one attached hydrogen (secondary N) is 1. The Bertz CT molecular complexity index is 486. The smallest absolute Gasteiger partial charge is 0.326 e. The van der Waals surface area contributed by atoms with Crippen LogP contribution in [-0.4, -0.2) is 23.0 Å². The summed E-state index contributed by atoms with van der Waals surface area (Å²) < 4.78 is 0. The van der Waals surface area contributed by atoms with Gasteiger partial charge in [0, 0.05) is 0 Å². The van der Waals surface area contributed by atoms with Gasteiger partial charge in [-0.2, -0.15) is 0 Å². The first-order chi connectivity index (χ1) is 8.81. The van der Waals surface area contributed by atoms with Gasteiger partial charge in [-0.3, -0.25) is 4.79 Å². The average molecular weight is 284 g/mol. The van der Waals surface area contributed by atoms with E-state index in [1.165, 1.54) is 0 Å². The molecule has 0 saturated heterocycles. The zero-order valence-corrected chi connectivity index (χ0v) is 12.0. The molecule has 104 valence electrons. The minimum atomic E-state index is -1.04. The molecular formula is C14H18ClNO3. The number of hydrogen-bond donors (Lipinski definition) is 2. The lowest BCUT2D eigenvalue weighted by Crippen LogP contribution is -2.41. The molecule has 1 aromatic rings. The summed E-state index contributed by atoms with van der Waals surface area (Å²) in [5.41, 5.74) is 1.24. The van der Waals surface area contributed by atoms with Crippen LogP contribution in [-0.2, 0) is 4.79 Å². The molecule has 1 rings (SSSR count). The van der Waals surface area contributed by atoms with Crippen LogP contribution in [0.25, 0.3) is 0 Å². The molecule has 19 heavy (non-hydrogen) atoms. The minimum absolute atomic E-state index is 0.176. The number of carboxylic acid groups (broad SMARTS) is 1. The molecule has 0 aliphatic heterocycles. The number of hydrogen-bond acceptors (Lipinski definition) is 2. The third kappa shape index (κ3) is 4.56. The van der Waals surface area contributed by atoms with Gasteiger partial charge in [0.15, 0.2) is 0 Å². The zero-order valence-electron chi connectivity index (χ0n) is 11.2. The summed E-state index contributed by atoms with van der Waals surface area (Å²) in [5, 5.41) is 11.9. The first kappa shape index (κ1) is 15.5. The molecule has 2 N–H and O–H groups in total. The maximum atomic E-state index is 12.0. The Morgan fingerprint density at radius 2 is 2.00 bits per heavy atom. The Labute approximate surface area is 117 Å². The van der Waals surface area contributed by atoms with E-state index in [4.69, 9.17) is 16.7 Å². The molecule has 0 aliphatic rings. The first-order valence-electron chi connectivity index (χ1n) is 6.11. The van der Waals surface area contributed by atoms with Crippen LogP contribution >= 0.6 is 11.6 Å². The number of carbonyl (C=O) groups is 2. The van der Waals surface area contributed by atoms with Crippen LogP contribution in [0.15, 0.2) is 18.2 Å². The topological polar surface area (TPSA) is 66.4 Å². The van der Waals surface area contributed by atoms with Crippen LogP contribution in [0, 0.1) is 12.8 Å². The predicted octanol–water partition coefficient (Wildman–Crippen LogP) is 2.88. The maximum Gasteiger partial charge on any atom is 0.326 e. The maximum absolute atomic E-state index is 12.0. The van der Waals surface area contributed by atoms with Gasteiger partial charge < -0.3 is 10.4 Å². The zero-order chi connectivity index (χ0) is 14.6. The Kier molecular flexibility index (Phi) is 5.36. The van der Waals surface area contributed by atoms with Gasteiger partial charge in [-0.15, -0.1) is 0 Å². The summed E-state index contributed by atoms with van der Waals surface area (Å²) in [6.07, 6.45) is 0.380. The summed E-state index contributed by atoms with van der Waals surface area (Å²) in [5.74, 6) is -1.32. The first-order valence-corrected chi connectivity index (χ1v) is 6.49. The summed E-state index contributed by atoms with van der Waals surface area (Å²) in [4.78, 5) is 23.1. The number of amides is 1. The molecule has 0 radical (unpaired) electrons. The fourth-order valence-corrected chi connectivity index (χ4v) is 2.05. The van der Waals surface area contributed by atoms with Crippen molar-refractivity contribution in [1.82, 2.24) is 5.32 Å². The van der Waals surface area contributed by atoms with Crippen molar-refractivity contribution in [3.63, 3.8) is 0 Å². The molecule has 0 aromatic heterocycles. The van der Waals surface area contributed by atoms with Gasteiger partial charge in [-0.1, -0.05) is 31.5 Å². The van der Waals surface area contributed by atoms with Gasteiger partial charge in [-0.25, -0.2) is 4.79 Å². The molecule has 0 aliphatic carbocycles. The van der Waals surface area contributed by atoms with Crippen molar-refractivity contribution in [2.45, 2.75) is 33.2 Å². The molecule has 5 heteroatoms. The second kappa shape index (κ2) is 6.57. The van der Waals surface area contributed by atoms with Crippen molar-refractivity contribution in [2.75, 3.05) is 0 Å². The Morgan fingerprint density at radius 3 is 2.47 bits per heavy atom. The standard InChI is InChI=1S/C14H18ClNO3/c1-8(2)6-12(14(18)19)16-13(17)10-5-4-9(3)7-11(10)15/h4-5,7-8,12H,6H2,1-3H3,(H,16,17)(H,18,19)/t12-/m1/s1.